The second-order valence-electron chi connectivity index (χ2n) is 5.28. The van der Waals surface area contributed by atoms with Crippen molar-refractivity contribution in [2.24, 2.45) is 5.92 Å². The van der Waals surface area contributed by atoms with Crippen LogP contribution in [0.2, 0.25) is 0 Å². The Labute approximate surface area is 123 Å². The number of carbonyl (C=O) groups is 1. The van der Waals surface area contributed by atoms with Gasteiger partial charge in [0.05, 0.1) is 10.8 Å². The molecule has 3 unspecified atom stereocenters. The van der Waals surface area contributed by atoms with Crippen molar-refractivity contribution in [1.29, 1.82) is 0 Å². The van der Waals surface area contributed by atoms with E-state index in [1.54, 1.807) is 12.1 Å². The summed E-state index contributed by atoms with van der Waals surface area (Å²) in [6.07, 6.45) is 2.26. The summed E-state index contributed by atoms with van der Waals surface area (Å²) in [5.74, 6) is -1.23. The van der Waals surface area contributed by atoms with Gasteiger partial charge in [0.25, 0.3) is 5.69 Å². The summed E-state index contributed by atoms with van der Waals surface area (Å²) in [7, 11) is 0. The lowest BCUT2D eigenvalue weighted by molar-refractivity contribution is -0.384. The van der Waals surface area contributed by atoms with Crippen LogP contribution in [-0.2, 0) is 4.79 Å². The molecule has 6 nitrogen and oxygen atoms in total. The van der Waals surface area contributed by atoms with Gasteiger partial charge in [0.1, 0.15) is 5.69 Å². The van der Waals surface area contributed by atoms with E-state index in [9.17, 15) is 20.0 Å². The van der Waals surface area contributed by atoms with Crippen LogP contribution in [0.5, 0.6) is 0 Å². The average Bonchev–Trinajstić information content (AvgIpc) is 2.95. The maximum Gasteiger partial charge on any atom is 0.308 e. The molecule has 2 aliphatic rings. The number of benzene rings is 1. The Hall–Kier alpha value is -1.63. The van der Waals surface area contributed by atoms with Gasteiger partial charge in [-0.15, -0.1) is 0 Å². The molecule has 2 aliphatic heterocycles. The molecule has 3 atom stereocenters. The number of hydrogen-bond acceptors (Lipinski definition) is 4. The van der Waals surface area contributed by atoms with Gasteiger partial charge in [0, 0.05) is 22.6 Å². The Morgan fingerprint density at radius 2 is 2.20 bits per heavy atom. The fourth-order valence-corrected chi connectivity index (χ4v) is 3.84. The largest absolute Gasteiger partial charge is 0.481 e. The maximum atomic E-state index is 11.3. The molecule has 0 amide bonds. The molecule has 1 aromatic rings. The first-order chi connectivity index (χ1) is 9.49. The third kappa shape index (κ3) is 1.96. The minimum absolute atomic E-state index is 0.0381. The SMILES string of the molecule is O=C(O)C1CC2CCC1N2c1cc(Br)ccc1[N+](=O)[O-]. The molecule has 2 bridgehead atoms. The summed E-state index contributed by atoms with van der Waals surface area (Å²) in [4.78, 5) is 24.0. The van der Waals surface area contributed by atoms with Crippen molar-refractivity contribution < 1.29 is 14.8 Å². The molecule has 7 heteroatoms. The van der Waals surface area contributed by atoms with Crippen molar-refractivity contribution in [2.45, 2.75) is 31.3 Å². The summed E-state index contributed by atoms with van der Waals surface area (Å²) >= 11 is 3.33. The zero-order valence-electron chi connectivity index (χ0n) is 10.5. The predicted molar refractivity (Wildman–Crippen MR) is 75.8 cm³/mol. The monoisotopic (exact) mass is 340 g/mol. The van der Waals surface area contributed by atoms with Crippen molar-refractivity contribution in [3.8, 4) is 0 Å². The Morgan fingerprint density at radius 3 is 2.80 bits per heavy atom. The van der Waals surface area contributed by atoms with Crippen LogP contribution in [-0.4, -0.2) is 28.1 Å². The highest BCUT2D eigenvalue weighted by Gasteiger charge is 2.50. The number of nitrogens with zero attached hydrogens (tertiary/aromatic N) is 2. The van der Waals surface area contributed by atoms with Crippen LogP contribution in [0.4, 0.5) is 11.4 Å². The standard InChI is InChI=1S/C13H13BrN2O4/c14-7-1-3-11(16(19)20)12(5-7)15-8-2-4-10(15)9(6-8)13(17)18/h1,3,5,8-10H,2,4,6H2,(H,17,18). The van der Waals surface area contributed by atoms with Crippen molar-refractivity contribution in [1.82, 2.24) is 0 Å². The van der Waals surface area contributed by atoms with Crippen molar-refractivity contribution in [2.75, 3.05) is 4.90 Å². The lowest BCUT2D eigenvalue weighted by atomic mass is 9.89. The number of hydrogen-bond donors (Lipinski definition) is 1. The molecule has 0 saturated carbocycles. The Kier molecular flexibility index (Phi) is 3.16. The molecule has 20 heavy (non-hydrogen) atoms. The first-order valence-electron chi connectivity index (χ1n) is 6.44. The Balaban J connectivity index is 2.04. The van der Waals surface area contributed by atoms with Gasteiger partial charge in [-0.3, -0.25) is 14.9 Å². The van der Waals surface area contributed by atoms with E-state index in [0.717, 1.165) is 17.3 Å². The molecule has 0 aromatic heterocycles. The number of nitro groups is 1. The molecule has 0 aliphatic carbocycles. The zero-order valence-corrected chi connectivity index (χ0v) is 12.1. The van der Waals surface area contributed by atoms with Gasteiger partial charge in [-0.2, -0.15) is 0 Å². The summed E-state index contributed by atoms with van der Waals surface area (Å²) in [6, 6.07) is 4.77. The van der Waals surface area contributed by atoms with E-state index in [0.29, 0.717) is 12.1 Å². The second kappa shape index (κ2) is 4.73. The average molecular weight is 341 g/mol. The molecule has 106 valence electrons. The van der Waals surface area contributed by atoms with Crippen LogP contribution in [0.15, 0.2) is 22.7 Å². The number of aliphatic carboxylic acids is 1. The predicted octanol–water partition coefficient (Wildman–Crippen LogP) is 2.80. The summed E-state index contributed by atoms with van der Waals surface area (Å²) in [5.41, 5.74) is 0.566. The maximum absolute atomic E-state index is 11.3. The first-order valence-corrected chi connectivity index (χ1v) is 7.23. The van der Waals surface area contributed by atoms with Gasteiger partial charge in [-0.1, -0.05) is 15.9 Å². The molecule has 2 heterocycles. The van der Waals surface area contributed by atoms with Gasteiger partial charge >= 0.3 is 5.97 Å². The third-order valence-electron chi connectivity index (χ3n) is 4.27. The number of fused-ring (bicyclic) bond motifs is 2. The van der Waals surface area contributed by atoms with Crippen LogP contribution >= 0.6 is 15.9 Å². The quantitative estimate of drug-likeness (QED) is 0.675. The van der Waals surface area contributed by atoms with Crippen LogP contribution < -0.4 is 4.90 Å². The van der Waals surface area contributed by atoms with E-state index in [1.165, 1.54) is 6.07 Å². The minimum Gasteiger partial charge on any atom is -0.481 e. The van der Waals surface area contributed by atoms with E-state index >= 15 is 0 Å². The first kappa shape index (κ1) is 13.4. The van der Waals surface area contributed by atoms with E-state index in [4.69, 9.17) is 0 Å². The highest BCUT2D eigenvalue weighted by atomic mass is 79.9. The van der Waals surface area contributed by atoms with Crippen LogP contribution in [0.1, 0.15) is 19.3 Å². The molecule has 3 rings (SSSR count). The van der Waals surface area contributed by atoms with Gasteiger partial charge in [-0.25, -0.2) is 0 Å². The van der Waals surface area contributed by atoms with Crippen molar-refractivity contribution in [3.05, 3.63) is 32.8 Å². The second-order valence-corrected chi connectivity index (χ2v) is 6.19. The van der Waals surface area contributed by atoms with Crippen LogP contribution in [0.3, 0.4) is 0 Å². The van der Waals surface area contributed by atoms with Crippen molar-refractivity contribution in [3.63, 3.8) is 0 Å². The number of rotatable bonds is 3. The number of nitro benzene ring substituents is 1. The summed E-state index contributed by atoms with van der Waals surface area (Å²) < 4.78 is 0.760. The molecule has 2 saturated heterocycles. The van der Waals surface area contributed by atoms with Gasteiger partial charge in [0.2, 0.25) is 0 Å². The molecule has 0 radical (unpaired) electrons. The molecule has 1 N–H and O–H groups in total. The number of carboxylic acids is 1. The summed E-state index contributed by atoms with van der Waals surface area (Å²) in [6.45, 7) is 0. The van der Waals surface area contributed by atoms with Crippen molar-refractivity contribution >= 4 is 33.3 Å². The molecule has 1 aromatic carbocycles. The smallest absolute Gasteiger partial charge is 0.308 e. The highest BCUT2D eigenvalue weighted by Crippen LogP contribution is 2.47. The fourth-order valence-electron chi connectivity index (χ4n) is 3.49. The minimum atomic E-state index is -0.806. The van der Waals surface area contributed by atoms with E-state index < -0.39 is 16.8 Å². The number of halogens is 1. The van der Waals surface area contributed by atoms with Gasteiger partial charge in [0.15, 0.2) is 0 Å². The molecule has 0 spiro atoms. The lowest BCUT2D eigenvalue weighted by Crippen LogP contribution is -2.33. The topological polar surface area (TPSA) is 83.7 Å². The highest BCUT2D eigenvalue weighted by molar-refractivity contribution is 9.10. The number of anilines is 1. The van der Waals surface area contributed by atoms with E-state index in [2.05, 4.69) is 15.9 Å². The van der Waals surface area contributed by atoms with Crippen LogP contribution in [0, 0.1) is 16.0 Å². The molecule has 2 fully saturated rings. The summed E-state index contributed by atoms with van der Waals surface area (Å²) in [5, 5.41) is 20.4. The fraction of sp³-hybridized carbons (Fsp3) is 0.462. The number of carboxylic acid groups (broad SMARTS) is 1. The lowest BCUT2D eigenvalue weighted by Gasteiger charge is -2.25. The Morgan fingerprint density at radius 1 is 1.45 bits per heavy atom. The normalized spacial score (nSPS) is 27.9. The van der Waals surface area contributed by atoms with E-state index in [1.807, 2.05) is 4.90 Å². The van der Waals surface area contributed by atoms with Gasteiger partial charge in [-0.05, 0) is 31.4 Å². The van der Waals surface area contributed by atoms with Gasteiger partial charge < -0.3 is 10.0 Å². The zero-order chi connectivity index (χ0) is 14.4. The molecular weight excluding hydrogens is 328 g/mol. The van der Waals surface area contributed by atoms with E-state index in [-0.39, 0.29) is 17.8 Å². The third-order valence-corrected chi connectivity index (χ3v) is 4.76. The Bertz CT molecular complexity index is 592. The van der Waals surface area contributed by atoms with Crippen LogP contribution in [0.25, 0.3) is 0 Å². The molecular formula is C13H13BrN2O4.